The number of rotatable bonds is 6. The summed E-state index contributed by atoms with van der Waals surface area (Å²) in [5.41, 5.74) is 2.89. The topological polar surface area (TPSA) is 29.9 Å². The summed E-state index contributed by atoms with van der Waals surface area (Å²) in [5, 5.41) is 8.01. The molecule has 1 fully saturated rings. The van der Waals surface area contributed by atoms with Gasteiger partial charge in [0.15, 0.2) is 0 Å². The highest BCUT2D eigenvalue weighted by molar-refractivity contribution is 5.26. The lowest BCUT2D eigenvalue weighted by Gasteiger charge is -2.12. The van der Waals surface area contributed by atoms with Crippen molar-refractivity contribution >= 4 is 0 Å². The molecular weight excluding hydrogens is 198 g/mol. The van der Waals surface area contributed by atoms with Crippen LogP contribution in [0.2, 0.25) is 0 Å². The Morgan fingerprint density at radius 1 is 1.50 bits per heavy atom. The van der Waals surface area contributed by atoms with Crippen molar-refractivity contribution in [2.45, 2.75) is 58.5 Å². The Bertz CT molecular complexity index is 337. The fourth-order valence-electron chi connectivity index (χ4n) is 2.16. The molecule has 1 heterocycles. The van der Waals surface area contributed by atoms with Gasteiger partial charge in [0.1, 0.15) is 0 Å². The van der Waals surface area contributed by atoms with Crippen molar-refractivity contribution in [1.82, 2.24) is 15.1 Å². The van der Waals surface area contributed by atoms with Crippen LogP contribution in [0.3, 0.4) is 0 Å². The van der Waals surface area contributed by atoms with Gasteiger partial charge >= 0.3 is 0 Å². The van der Waals surface area contributed by atoms with Gasteiger partial charge in [-0.3, -0.25) is 4.68 Å². The molecule has 1 aliphatic carbocycles. The summed E-state index contributed by atoms with van der Waals surface area (Å²) >= 11 is 0. The Kier molecular flexibility index (Phi) is 3.64. The van der Waals surface area contributed by atoms with E-state index in [4.69, 9.17) is 0 Å². The number of nitrogens with zero attached hydrogens (tertiary/aromatic N) is 2. The molecule has 0 aromatic carbocycles. The molecule has 0 unspecified atom stereocenters. The second kappa shape index (κ2) is 5.00. The zero-order valence-corrected chi connectivity index (χ0v) is 10.7. The first-order valence-corrected chi connectivity index (χ1v) is 6.51. The summed E-state index contributed by atoms with van der Waals surface area (Å²) < 4.78 is 2.21. The summed E-state index contributed by atoms with van der Waals surface area (Å²) in [6, 6.07) is 0.482. The van der Waals surface area contributed by atoms with Crippen LogP contribution in [-0.4, -0.2) is 16.3 Å². The van der Waals surface area contributed by atoms with Gasteiger partial charge in [-0.25, -0.2) is 0 Å². The van der Waals surface area contributed by atoms with E-state index in [1.807, 2.05) is 0 Å². The van der Waals surface area contributed by atoms with Crippen molar-refractivity contribution < 1.29 is 0 Å². The molecule has 0 atom stereocenters. The van der Waals surface area contributed by atoms with E-state index in [1.54, 1.807) is 0 Å². The molecule has 16 heavy (non-hydrogen) atoms. The van der Waals surface area contributed by atoms with Gasteiger partial charge in [-0.05, 0) is 39.7 Å². The molecule has 1 saturated carbocycles. The summed E-state index contributed by atoms with van der Waals surface area (Å²) in [7, 11) is 0. The maximum atomic E-state index is 4.53. The molecular formula is C13H23N3. The summed E-state index contributed by atoms with van der Waals surface area (Å²) in [4.78, 5) is 0. The first-order chi connectivity index (χ1) is 7.74. The Morgan fingerprint density at radius 2 is 2.25 bits per heavy atom. The van der Waals surface area contributed by atoms with Crippen molar-refractivity contribution in [3.63, 3.8) is 0 Å². The van der Waals surface area contributed by atoms with Gasteiger partial charge < -0.3 is 5.32 Å². The molecule has 0 spiro atoms. The van der Waals surface area contributed by atoms with Crippen LogP contribution in [-0.2, 0) is 6.54 Å². The Balaban J connectivity index is 2.11. The highest BCUT2D eigenvalue weighted by Gasteiger charge is 2.30. The highest BCUT2D eigenvalue weighted by Crippen LogP contribution is 2.42. The molecule has 0 saturated heterocycles. The molecule has 0 radical (unpaired) electrons. The molecule has 1 aromatic rings. The normalized spacial score (nSPS) is 16.0. The number of hydrogen-bond acceptors (Lipinski definition) is 2. The SMILES string of the molecule is CCCNCc1cnn(C(C)C)c1C1CC1. The van der Waals surface area contributed by atoms with Crippen molar-refractivity contribution in [3.8, 4) is 0 Å². The van der Waals surface area contributed by atoms with Crippen LogP contribution in [0.25, 0.3) is 0 Å². The molecule has 0 aliphatic heterocycles. The predicted molar refractivity (Wildman–Crippen MR) is 66.6 cm³/mol. The maximum absolute atomic E-state index is 4.53. The van der Waals surface area contributed by atoms with Gasteiger partial charge in [-0.2, -0.15) is 5.10 Å². The van der Waals surface area contributed by atoms with Crippen LogP contribution in [0, 0.1) is 0 Å². The van der Waals surface area contributed by atoms with E-state index in [0.29, 0.717) is 6.04 Å². The van der Waals surface area contributed by atoms with Gasteiger partial charge in [0.05, 0.1) is 6.20 Å². The molecule has 0 bridgehead atoms. The van der Waals surface area contributed by atoms with E-state index in [0.717, 1.165) is 19.0 Å². The van der Waals surface area contributed by atoms with Crippen LogP contribution in [0.4, 0.5) is 0 Å². The third kappa shape index (κ3) is 2.46. The summed E-state index contributed by atoms with van der Waals surface area (Å²) in [5.74, 6) is 0.781. The van der Waals surface area contributed by atoms with Crippen LogP contribution < -0.4 is 5.32 Å². The van der Waals surface area contributed by atoms with Crippen LogP contribution >= 0.6 is 0 Å². The molecule has 1 N–H and O–H groups in total. The van der Waals surface area contributed by atoms with Crippen LogP contribution in [0.15, 0.2) is 6.20 Å². The van der Waals surface area contributed by atoms with E-state index in [9.17, 15) is 0 Å². The molecule has 1 aromatic heterocycles. The molecule has 1 aliphatic rings. The van der Waals surface area contributed by atoms with Gasteiger partial charge in [-0.1, -0.05) is 6.92 Å². The van der Waals surface area contributed by atoms with Gasteiger partial charge in [0.25, 0.3) is 0 Å². The first-order valence-electron chi connectivity index (χ1n) is 6.51. The predicted octanol–water partition coefficient (Wildman–Crippen LogP) is 2.84. The van der Waals surface area contributed by atoms with Crippen molar-refractivity contribution in [1.29, 1.82) is 0 Å². The van der Waals surface area contributed by atoms with Crippen molar-refractivity contribution in [3.05, 3.63) is 17.5 Å². The first kappa shape index (κ1) is 11.6. The lowest BCUT2D eigenvalue weighted by atomic mass is 10.1. The minimum Gasteiger partial charge on any atom is -0.313 e. The molecule has 90 valence electrons. The zero-order valence-electron chi connectivity index (χ0n) is 10.7. The zero-order chi connectivity index (χ0) is 11.5. The van der Waals surface area contributed by atoms with Crippen LogP contribution in [0.5, 0.6) is 0 Å². The molecule has 0 amide bonds. The van der Waals surface area contributed by atoms with E-state index >= 15 is 0 Å². The Morgan fingerprint density at radius 3 is 2.81 bits per heavy atom. The number of aromatic nitrogens is 2. The van der Waals surface area contributed by atoms with Gasteiger partial charge in [0, 0.05) is 29.8 Å². The number of nitrogens with one attached hydrogen (secondary N) is 1. The number of hydrogen-bond donors (Lipinski definition) is 1. The highest BCUT2D eigenvalue weighted by atomic mass is 15.3. The standard InChI is InChI=1S/C13H23N3/c1-4-7-14-8-12-9-15-16(10(2)3)13(12)11-5-6-11/h9-11,14H,4-8H2,1-3H3. The molecule has 3 heteroatoms. The fourth-order valence-corrected chi connectivity index (χ4v) is 2.16. The third-order valence-corrected chi connectivity index (χ3v) is 3.11. The van der Waals surface area contributed by atoms with Crippen molar-refractivity contribution in [2.24, 2.45) is 0 Å². The fraction of sp³-hybridized carbons (Fsp3) is 0.769. The average Bonchev–Trinajstić information content (AvgIpc) is 3.00. The van der Waals surface area contributed by atoms with Crippen LogP contribution in [0.1, 0.15) is 63.3 Å². The molecule has 2 rings (SSSR count). The Labute approximate surface area is 98.2 Å². The van der Waals surface area contributed by atoms with Crippen molar-refractivity contribution in [2.75, 3.05) is 6.54 Å². The van der Waals surface area contributed by atoms with E-state index in [-0.39, 0.29) is 0 Å². The van der Waals surface area contributed by atoms with E-state index < -0.39 is 0 Å². The van der Waals surface area contributed by atoms with E-state index in [2.05, 4.69) is 42.1 Å². The third-order valence-electron chi connectivity index (χ3n) is 3.11. The minimum atomic E-state index is 0.482. The Hall–Kier alpha value is -0.830. The smallest absolute Gasteiger partial charge is 0.0537 e. The quantitative estimate of drug-likeness (QED) is 0.749. The largest absolute Gasteiger partial charge is 0.313 e. The van der Waals surface area contributed by atoms with Gasteiger partial charge in [-0.15, -0.1) is 0 Å². The minimum absolute atomic E-state index is 0.482. The lowest BCUT2D eigenvalue weighted by Crippen LogP contribution is -2.15. The second-order valence-electron chi connectivity index (χ2n) is 5.04. The monoisotopic (exact) mass is 221 g/mol. The summed E-state index contributed by atoms with van der Waals surface area (Å²) in [6.45, 7) is 8.69. The average molecular weight is 221 g/mol. The van der Waals surface area contributed by atoms with Gasteiger partial charge in [0.2, 0.25) is 0 Å². The van der Waals surface area contributed by atoms with E-state index in [1.165, 1.54) is 30.5 Å². The summed E-state index contributed by atoms with van der Waals surface area (Å²) in [6.07, 6.45) is 5.94. The maximum Gasteiger partial charge on any atom is 0.0537 e. The second-order valence-corrected chi connectivity index (χ2v) is 5.04. The lowest BCUT2D eigenvalue weighted by molar-refractivity contribution is 0.507. The molecule has 3 nitrogen and oxygen atoms in total.